The summed E-state index contributed by atoms with van der Waals surface area (Å²) < 4.78 is 224. The van der Waals surface area contributed by atoms with Crippen molar-refractivity contribution in [3.63, 3.8) is 0 Å². The maximum atomic E-state index is 13.4. The SMILES string of the molecule is CCCOCCC(F)(F)C(F)(F)C(F)(F)C(F)(F)C(F)(F)C(F)(F)C(F)(F)C(F)(F)F. The Balaban J connectivity index is 6.37. The van der Waals surface area contributed by atoms with Crippen molar-refractivity contribution >= 4 is 0 Å². The van der Waals surface area contributed by atoms with E-state index in [0.717, 1.165) is 0 Å². The first-order valence-electron chi connectivity index (χ1n) is 7.60. The Bertz CT molecular complexity index is 606. The normalized spacial score (nSPS) is 16.1. The van der Waals surface area contributed by atoms with Gasteiger partial charge in [0.15, 0.2) is 0 Å². The standard InChI is InChI=1S/C13H11F17O/c1-2-4-31-5-3-6(14,15)7(16,17)8(18,19)9(20,21)10(22,23)11(24,25)12(26,27)13(28,29)30/h2-5H2,1H3. The molecule has 0 aliphatic rings. The lowest BCUT2D eigenvalue weighted by Crippen LogP contribution is -2.74. The fourth-order valence-electron chi connectivity index (χ4n) is 1.80. The van der Waals surface area contributed by atoms with Crippen LogP contribution in [-0.2, 0) is 4.74 Å². The lowest BCUT2D eigenvalue weighted by atomic mass is 9.88. The number of alkyl halides is 17. The highest BCUT2D eigenvalue weighted by Gasteiger charge is 2.95. The summed E-state index contributed by atoms with van der Waals surface area (Å²) in [5, 5.41) is 0. The zero-order valence-electron chi connectivity index (χ0n) is 14.7. The van der Waals surface area contributed by atoms with E-state index in [1.165, 1.54) is 6.92 Å². The summed E-state index contributed by atoms with van der Waals surface area (Å²) in [5.41, 5.74) is 0. The second-order valence-corrected chi connectivity index (χ2v) is 6.01. The summed E-state index contributed by atoms with van der Waals surface area (Å²) in [5.74, 6) is -56.0. The Morgan fingerprint density at radius 3 is 1.10 bits per heavy atom. The van der Waals surface area contributed by atoms with Gasteiger partial charge in [0.2, 0.25) is 0 Å². The third-order valence-corrected chi connectivity index (χ3v) is 3.70. The fraction of sp³-hybridized carbons (Fsp3) is 1.00. The van der Waals surface area contributed by atoms with Crippen molar-refractivity contribution in [1.82, 2.24) is 0 Å². The maximum Gasteiger partial charge on any atom is 0.460 e. The summed E-state index contributed by atoms with van der Waals surface area (Å²) in [6.07, 6.45) is -10.3. The predicted molar refractivity (Wildman–Crippen MR) is 66.4 cm³/mol. The van der Waals surface area contributed by atoms with E-state index in [4.69, 9.17) is 0 Å². The number of rotatable bonds is 11. The molecule has 0 bridgehead atoms. The molecule has 0 aromatic carbocycles. The van der Waals surface area contributed by atoms with Gasteiger partial charge in [0, 0.05) is 13.0 Å². The van der Waals surface area contributed by atoms with Crippen LogP contribution in [-0.4, -0.2) is 60.8 Å². The molecule has 0 saturated heterocycles. The maximum absolute atomic E-state index is 13.4. The van der Waals surface area contributed by atoms with E-state index in [-0.39, 0.29) is 6.42 Å². The third-order valence-electron chi connectivity index (χ3n) is 3.70. The van der Waals surface area contributed by atoms with E-state index >= 15 is 0 Å². The Hall–Kier alpha value is -1.23. The number of halogens is 17. The van der Waals surface area contributed by atoms with E-state index in [0.29, 0.717) is 0 Å². The molecule has 31 heavy (non-hydrogen) atoms. The minimum absolute atomic E-state index is 0.0465. The van der Waals surface area contributed by atoms with Crippen molar-refractivity contribution < 1.29 is 79.4 Å². The second-order valence-electron chi connectivity index (χ2n) is 6.01. The first kappa shape index (κ1) is 29.8. The second kappa shape index (κ2) is 8.28. The molecule has 0 radical (unpaired) electrons. The molecule has 0 N–H and O–H groups in total. The van der Waals surface area contributed by atoms with E-state index in [2.05, 4.69) is 4.74 Å². The van der Waals surface area contributed by atoms with Crippen LogP contribution in [0.1, 0.15) is 19.8 Å². The van der Waals surface area contributed by atoms with Gasteiger partial charge in [0.25, 0.3) is 0 Å². The first-order chi connectivity index (χ1) is 13.3. The topological polar surface area (TPSA) is 9.23 Å². The molecule has 0 atom stereocenters. The average molecular weight is 506 g/mol. The van der Waals surface area contributed by atoms with Crippen molar-refractivity contribution in [3.8, 4) is 0 Å². The highest BCUT2D eigenvalue weighted by atomic mass is 19.4. The molecule has 188 valence electrons. The molecule has 0 saturated carbocycles. The largest absolute Gasteiger partial charge is 0.460 e. The molecule has 0 amide bonds. The van der Waals surface area contributed by atoms with Gasteiger partial charge in [-0.2, -0.15) is 74.6 Å². The van der Waals surface area contributed by atoms with Crippen LogP contribution in [0, 0.1) is 0 Å². The quantitative estimate of drug-likeness (QED) is 0.221. The predicted octanol–water partition coefficient (Wildman–Crippen LogP) is 6.81. The van der Waals surface area contributed by atoms with Crippen LogP contribution >= 0.6 is 0 Å². The van der Waals surface area contributed by atoms with E-state index in [1.54, 1.807) is 0 Å². The van der Waals surface area contributed by atoms with E-state index < -0.39 is 67.3 Å². The van der Waals surface area contributed by atoms with E-state index in [1.807, 2.05) is 0 Å². The van der Waals surface area contributed by atoms with Crippen LogP contribution in [0.15, 0.2) is 0 Å². The Morgan fingerprint density at radius 1 is 0.452 bits per heavy atom. The molecule has 0 aromatic heterocycles. The van der Waals surface area contributed by atoms with Crippen LogP contribution in [0.3, 0.4) is 0 Å². The smallest absolute Gasteiger partial charge is 0.381 e. The lowest BCUT2D eigenvalue weighted by molar-refractivity contribution is -0.462. The summed E-state index contributed by atoms with van der Waals surface area (Å²) in [6, 6.07) is 0. The van der Waals surface area contributed by atoms with Gasteiger partial charge in [-0.15, -0.1) is 0 Å². The number of ether oxygens (including phenoxy) is 1. The van der Waals surface area contributed by atoms with Crippen molar-refractivity contribution in [2.24, 2.45) is 0 Å². The van der Waals surface area contributed by atoms with Gasteiger partial charge < -0.3 is 4.74 Å². The Labute approximate surface area is 161 Å². The number of hydrogen-bond acceptors (Lipinski definition) is 1. The van der Waals surface area contributed by atoms with Crippen LogP contribution in [0.5, 0.6) is 0 Å². The van der Waals surface area contributed by atoms with Gasteiger partial charge in [0.1, 0.15) is 0 Å². The molecule has 0 unspecified atom stereocenters. The molecule has 0 spiro atoms. The van der Waals surface area contributed by atoms with Gasteiger partial charge in [-0.25, -0.2) is 0 Å². The van der Waals surface area contributed by atoms with Gasteiger partial charge in [-0.3, -0.25) is 0 Å². The summed E-state index contributed by atoms with van der Waals surface area (Å²) in [6.45, 7) is -0.678. The van der Waals surface area contributed by atoms with Gasteiger partial charge in [-0.1, -0.05) is 6.92 Å². The average Bonchev–Trinajstić information content (AvgIpc) is 2.56. The van der Waals surface area contributed by atoms with Gasteiger partial charge in [0.05, 0.1) is 6.61 Å². The van der Waals surface area contributed by atoms with Gasteiger partial charge >= 0.3 is 47.6 Å². The van der Waals surface area contributed by atoms with Crippen molar-refractivity contribution in [3.05, 3.63) is 0 Å². The molecule has 18 heteroatoms. The highest BCUT2D eigenvalue weighted by molar-refractivity contribution is 5.15. The third kappa shape index (κ3) is 4.36. The van der Waals surface area contributed by atoms with Crippen LogP contribution < -0.4 is 0 Å². The first-order valence-corrected chi connectivity index (χ1v) is 7.60. The van der Waals surface area contributed by atoms with Crippen LogP contribution in [0.25, 0.3) is 0 Å². The molecular formula is C13H11F17O. The monoisotopic (exact) mass is 506 g/mol. The lowest BCUT2D eigenvalue weighted by Gasteiger charge is -2.42. The van der Waals surface area contributed by atoms with Gasteiger partial charge in [-0.05, 0) is 6.42 Å². The molecule has 0 aliphatic heterocycles. The molecule has 0 aliphatic carbocycles. The summed E-state index contributed by atoms with van der Waals surface area (Å²) in [7, 11) is 0. The molecule has 0 aromatic rings. The summed E-state index contributed by atoms with van der Waals surface area (Å²) in [4.78, 5) is 0. The molecular weight excluding hydrogens is 495 g/mol. The molecule has 0 fully saturated rings. The Kier molecular flexibility index (Phi) is 7.95. The zero-order chi connectivity index (χ0) is 25.5. The minimum atomic E-state index is -8.60. The van der Waals surface area contributed by atoms with Crippen molar-refractivity contribution in [1.29, 1.82) is 0 Å². The fourth-order valence-corrected chi connectivity index (χ4v) is 1.80. The molecule has 1 nitrogen and oxygen atoms in total. The van der Waals surface area contributed by atoms with Crippen LogP contribution in [0.4, 0.5) is 74.6 Å². The summed E-state index contributed by atoms with van der Waals surface area (Å²) >= 11 is 0. The van der Waals surface area contributed by atoms with Crippen molar-refractivity contribution in [2.45, 2.75) is 67.4 Å². The highest BCUT2D eigenvalue weighted by Crippen LogP contribution is 2.64. The molecule has 0 rings (SSSR count). The van der Waals surface area contributed by atoms with E-state index in [9.17, 15) is 74.6 Å². The minimum Gasteiger partial charge on any atom is -0.381 e. The van der Waals surface area contributed by atoms with Crippen molar-refractivity contribution in [2.75, 3.05) is 13.2 Å². The zero-order valence-corrected chi connectivity index (χ0v) is 14.7. The Morgan fingerprint density at radius 2 is 0.774 bits per heavy atom. The molecule has 0 heterocycles. The van der Waals surface area contributed by atoms with Crippen LogP contribution in [0.2, 0.25) is 0 Å². The number of hydrogen-bond donors (Lipinski definition) is 0.